The van der Waals surface area contributed by atoms with E-state index in [9.17, 15) is 13.2 Å². The number of sulfonamides is 1. The lowest BCUT2D eigenvalue weighted by atomic mass is 10.0. The van der Waals surface area contributed by atoms with Crippen LogP contribution in [0.4, 0.5) is 0 Å². The van der Waals surface area contributed by atoms with E-state index >= 15 is 0 Å². The van der Waals surface area contributed by atoms with E-state index in [0.717, 1.165) is 27.8 Å². The first-order valence-electron chi connectivity index (χ1n) is 12.7. The molecule has 1 fully saturated rings. The molecule has 1 aromatic carbocycles. The molecule has 0 bridgehead atoms. The maximum atomic E-state index is 13.5. The molecule has 1 unspecified atom stereocenters. The number of rotatable bonds is 4. The molecule has 5 heterocycles. The number of benzene rings is 1. The Morgan fingerprint density at radius 1 is 1.05 bits per heavy atom. The summed E-state index contributed by atoms with van der Waals surface area (Å²) in [6, 6.07) is 9.48. The summed E-state index contributed by atoms with van der Waals surface area (Å²) >= 11 is 0. The van der Waals surface area contributed by atoms with Crippen molar-refractivity contribution in [1.29, 1.82) is 0 Å². The third-order valence-electron chi connectivity index (χ3n) is 7.08. The Labute approximate surface area is 215 Å². The molecule has 0 N–H and O–H groups in total. The maximum Gasteiger partial charge on any atom is 0.329 e. The fraction of sp³-hybridized carbons (Fsp3) is 0.308. The molecule has 1 aliphatic heterocycles. The van der Waals surface area contributed by atoms with Gasteiger partial charge in [0.25, 0.3) is 0 Å². The van der Waals surface area contributed by atoms with E-state index in [2.05, 4.69) is 15.1 Å². The van der Waals surface area contributed by atoms with Crippen molar-refractivity contribution in [3.63, 3.8) is 0 Å². The lowest BCUT2D eigenvalue weighted by Crippen LogP contribution is -2.42. The highest BCUT2D eigenvalue weighted by atomic mass is 32.2. The first-order valence-corrected chi connectivity index (χ1v) is 13.8. The van der Waals surface area contributed by atoms with Gasteiger partial charge in [-0.2, -0.15) is 5.10 Å². The summed E-state index contributed by atoms with van der Waals surface area (Å²) in [5, 5.41) is 4.98. The molecule has 0 spiro atoms. The first kappa shape index (κ1) is 22.4. The van der Waals surface area contributed by atoms with Crippen LogP contribution in [-0.4, -0.2) is 61.0 Å². The van der Waals surface area contributed by atoms with Crippen molar-refractivity contribution in [1.82, 2.24) is 33.2 Å². The van der Waals surface area contributed by atoms with Gasteiger partial charge < -0.3 is 0 Å². The monoisotopic (exact) mass is 518 g/mol. The summed E-state index contributed by atoms with van der Waals surface area (Å²) in [6.07, 6.45) is 9.65. The number of fused-ring (bicyclic) bond motifs is 3. The average molecular weight is 519 g/mol. The van der Waals surface area contributed by atoms with Gasteiger partial charge in [-0.3, -0.25) is 23.8 Å². The van der Waals surface area contributed by atoms with E-state index < -0.39 is 10.0 Å². The maximum absolute atomic E-state index is 13.5. The van der Waals surface area contributed by atoms with Crippen LogP contribution < -0.4 is 5.69 Å². The Kier molecular flexibility index (Phi) is 5.22. The molecule has 6 rings (SSSR count). The van der Waals surface area contributed by atoms with Crippen molar-refractivity contribution in [3.8, 4) is 22.4 Å². The summed E-state index contributed by atoms with van der Waals surface area (Å²) in [5.41, 5.74) is 5.21. The van der Waals surface area contributed by atoms with E-state index in [0.29, 0.717) is 35.9 Å². The largest absolute Gasteiger partial charge is 0.329 e. The standard InChI is InChI=1S/C26H27N7O3S/c1-30-15-19(13-29-30)22-8-7-18(12-27-22)17-6-9-23-21(11-17)25-24(14-28-23)31(2)26(34)33(25)20-5-4-10-32(16-20)37(3,35)36/h6-9,11-15,20H,4-5,10,16H2,1-3H3/i2D. The van der Waals surface area contributed by atoms with Crippen molar-refractivity contribution in [2.75, 3.05) is 19.3 Å². The van der Waals surface area contributed by atoms with Crippen molar-refractivity contribution in [3.05, 3.63) is 65.6 Å². The second-order valence-electron chi connectivity index (χ2n) is 9.56. The highest BCUT2D eigenvalue weighted by Crippen LogP contribution is 2.32. The van der Waals surface area contributed by atoms with Crippen molar-refractivity contribution < 1.29 is 9.79 Å². The molecule has 11 heteroatoms. The van der Waals surface area contributed by atoms with E-state index in [1.807, 2.05) is 49.8 Å². The minimum Gasteiger partial charge on any atom is -0.293 e. The molecular weight excluding hydrogens is 490 g/mol. The molecule has 4 aromatic heterocycles. The number of imidazole rings is 1. The number of pyridine rings is 2. The number of hydrogen-bond acceptors (Lipinski definition) is 6. The minimum atomic E-state index is -3.39. The second kappa shape index (κ2) is 8.63. The summed E-state index contributed by atoms with van der Waals surface area (Å²) in [6.45, 7) is 0.661. The van der Waals surface area contributed by atoms with Crippen LogP contribution >= 0.6 is 0 Å². The average Bonchev–Trinajstić information content (AvgIpc) is 3.48. The van der Waals surface area contributed by atoms with E-state index in [1.54, 1.807) is 21.6 Å². The second-order valence-corrected chi connectivity index (χ2v) is 11.5. The summed E-state index contributed by atoms with van der Waals surface area (Å²) < 4.78 is 38.8. The summed E-state index contributed by atoms with van der Waals surface area (Å²) in [4.78, 5) is 22.7. The smallest absolute Gasteiger partial charge is 0.293 e. The third-order valence-corrected chi connectivity index (χ3v) is 8.35. The Bertz CT molecular complexity index is 1840. The van der Waals surface area contributed by atoms with Gasteiger partial charge in [-0.15, -0.1) is 0 Å². The third kappa shape index (κ3) is 4.04. The molecule has 37 heavy (non-hydrogen) atoms. The zero-order chi connectivity index (χ0) is 26.6. The lowest BCUT2D eigenvalue weighted by Gasteiger charge is -2.31. The predicted octanol–water partition coefficient (Wildman–Crippen LogP) is 2.95. The number of piperidine rings is 1. The summed E-state index contributed by atoms with van der Waals surface area (Å²) in [5.74, 6) is 0. The Hall–Kier alpha value is -3.83. The molecule has 0 radical (unpaired) electrons. The van der Waals surface area contributed by atoms with Gasteiger partial charge in [-0.1, -0.05) is 12.1 Å². The predicted molar refractivity (Wildman–Crippen MR) is 143 cm³/mol. The van der Waals surface area contributed by atoms with Gasteiger partial charge in [0.1, 0.15) is 0 Å². The Morgan fingerprint density at radius 3 is 2.59 bits per heavy atom. The van der Waals surface area contributed by atoms with E-state index in [4.69, 9.17) is 1.37 Å². The molecule has 1 aliphatic rings. The fourth-order valence-electron chi connectivity index (χ4n) is 5.19. The number of aromatic nitrogens is 6. The first-order chi connectivity index (χ1) is 18.2. The molecule has 0 saturated carbocycles. The fourth-order valence-corrected chi connectivity index (χ4v) is 6.09. The highest BCUT2D eigenvalue weighted by Gasteiger charge is 2.30. The lowest BCUT2D eigenvalue weighted by molar-refractivity contribution is 0.267. The minimum absolute atomic E-state index is 0.221. The van der Waals surface area contributed by atoms with Gasteiger partial charge in [-0.25, -0.2) is 17.5 Å². The number of nitrogens with zero attached hydrogens (tertiary/aromatic N) is 7. The number of aryl methyl sites for hydroxylation is 2. The SMILES string of the molecule is [2H]Cn1c(=O)n(C2CCCN(S(C)(=O)=O)C2)c2c3cc(-c4ccc(-c5cnn(C)c5)nc4)ccc3ncc21. The Morgan fingerprint density at radius 2 is 1.89 bits per heavy atom. The van der Waals surface area contributed by atoms with Crippen LogP contribution in [0.15, 0.2) is 59.9 Å². The van der Waals surface area contributed by atoms with Crippen molar-refractivity contribution in [2.45, 2.75) is 18.9 Å². The van der Waals surface area contributed by atoms with Gasteiger partial charge in [0.15, 0.2) is 0 Å². The van der Waals surface area contributed by atoms with Gasteiger partial charge in [0.05, 0.1) is 46.9 Å². The molecule has 10 nitrogen and oxygen atoms in total. The molecule has 1 saturated heterocycles. The topological polar surface area (TPSA) is 108 Å². The molecule has 5 aromatic rings. The van der Waals surface area contributed by atoms with Crippen LogP contribution in [0, 0.1) is 0 Å². The molecule has 1 atom stereocenters. The van der Waals surface area contributed by atoms with Crippen LogP contribution in [0.1, 0.15) is 20.3 Å². The highest BCUT2D eigenvalue weighted by molar-refractivity contribution is 7.88. The van der Waals surface area contributed by atoms with Crippen LogP contribution in [0.5, 0.6) is 0 Å². The molecule has 190 valence electrons. The van der Waals surface area contributed by atoms with Crippen LogP contribution in [-0.2, 0) is 24.1 Å². The van der Waals surface area contributed by atoms with Gasteiger partial charge in [0.2, 0.25) is 10.0 Å². The molecule has 0 amide bonds. The van der Waals surface area contributed by atoms with Crippen LogP contribution in [0.3, 0.4) is 0 Å². The zero-order valence-corrected chi connectivity index (χ0v) is 21.4. The Balaban J connectivity index is 1.50. The van der Waals surface area contributed by atoms with Gasteiger partial charge in [0, 0.05) is 57.4 Å². The van der Waals surface area contributed by atoms with E-state index in [1.165, 1.54) is 15.1 Å². The van der Waals surface area contributed by atoms with Gasteiger partial charge in [-0.05, 0) is 36.6 Å². The quantitative estimate of drug-likeness (QED) is 0.362. The summed E-state index contributed by atoms with van der Waals surface area (Å²) in [7, 11) is -1.78. The number of hydrogen-bond donors (Lipinski definition) is 0. The molecule has 0 aliphatic carbocycles. The zero-order valence-electron chi connectivity index (χ0n) is 21.6. The van der Waals surface area contributed by atoms with Crippen molar-refractivity contribution >= 4 is 32.0 Å². The van der Waals surface area contributed by atoms with Crippen LogP contribution in [0.2, 0.25) is 0 Å². The van der Waals surface area contributed by atoms with Gasteiger partial charge >= 0.3 is 5.69 Å². The normalized spacial score (nSPS) is 17.5. The molecular formula is C26H27N7O3S. The van der Waals surface area contributed by atoms with E-state index in [-0.39, 0.29) is 25.3 Å². The van der Waals surface area contributed by atoms with Crippen molar-refractivity contribution in [2.24, 2.45) is 14.1 Å². The van der Waals surface area contributed by atoms with Crippen LogP contribution in [0.25, 0.3) is 44.3 Å².